The lowest BCUT2D eigenvalue weighted by molar-refractivity contribution is -0.134. The topological polar surface area (TPSA) is 64.8 Å². The predicted molar refractivity (Wildman–Crippen MR) is 58.8 cm³/mol. The predicted octanol–water partition coefficient (Wildman–Crippen LogP) is -0.545. The molecule has 1 amide bonds. The molecule has 0 aromatic rings. The third-order valence-electron chi connectivity index (χ3n) is 3.44. The van der Waals surface area contributed by atoms with Crippen LogP contribution < -0.4 is 5.73 Å². The summed E-state index contributed by atoms with van der Waals surface area (Å²) in [6, 6.07) is -0.131. The molecular formula is C11H20N2O3. The Labute approximate surface area is 95.9 Å². The van der Waals surface area contributed by atoms with Crippen molar-refractivity contribution >= 4 is 5.91 Å². The van der Waals surface area contributed by atoms with Gasteiger partial charge in [-0.1, -0.05) is 0 Å². The zero-order valence-electron chi connectivity index (χ0n) is 9.72. The van der Waals surface area contributed by atoms with Crippen LogP contribution in [0.1, 0.15) is 6.42 Å². The lowest BCUT2D eigenvalue weighted by atomic mass is 10.0. The first-order valence-corrected chi connectivity index (χ1v) is 5.83. The standard InChI is InChI=1S/C11H20N2O3/c1-15-5-8-2-3-13(4-8)11(14)9-6-16-7-10(9)12/h8-10H,2-7,12H2,1H3. The van der Waals surface area contributed by atoms with E-state index in [2.05, 4.69) is 0 Å². The highest BCUT2D eigenvalue weighted by atomic mass is 16.5. The van der Waals surface area contributed by atoms with Crippen LogP contribution in [0.3, 0.4) is 0 Å². The highest BCUT2D eigenvalue weighted by Gasteiger charge is 2.36. The Balaban J connectivity index is 1.86. The van der Waals surface area contributed by atoms with Crippen LogP contribution in [0.15, 0.2) is 0 Å². The van der Waals surface area contributed by atoms with Crippen molar-refractivity contribution in [2.75, 3.05) is 40.0 Å². The van der Waals surface area contributed by atoms with E-state index in [9.17, 15) is 4.79 Å². The first-order chi connectivity index (χ1) is 7.72. The van der Waals surface area contributed by atoms with Crippen LogP contribution in [0, 0.1) is 11.8 Å². The first kappa shape index (κ1) is 11.8. The Bertz CT molecular complexity index is 260. The zero-order valence-corrected chi connectivity index (χ0v) is 9.72. The van der Waals surface area contributed by atoms with Crippen LogP contribution >= 0.6 is 0 Å². The number of ether oxygens (including phenoxy) is 2. The normalized spacial score (nSPS) is 34.6. The molecule has 0 radical (unpaired) electrons. The van der Waals surface area contributed by atoms with Crippen molar-refractivity contribution in [2.24, 2.45) is 17.6 Å². The van der Waals surface area contributed by atoms with Gasteiger partial charge < -0.3 is 20.1 Å². The monoisotopic (exact) mass is 228 g/mol. The molecule has 2 aliphatic rings. The largest absolute Gasteiger partial charge is 0.384 e. The van der Waals surface area contributed by atoms with Crippen molar-refractivity contribution in [3.05, 3.63) is 0 Å². The van der Waals surface area contributed by atoms with Gasteiger partial charge in [-0.15, -0.1) is 0 Å². The number of nitrogens with zero attached hydrogens (tertiary/aromatic N) is 1. The molecule has 2 N–H and O–H groups in total. The molecule has 92 valence electrons. The molecule has 3 atom stereocenters. The van der Waals surface area contributed by atoms with Gasteiger partial charge in [0.25, 0.3) is 0 Å². The van der Waals surface area contributed by atoms with Crippen molar-refractivity contribution in [3.63, 3.8) is 0 Å². The summed E-state index contributed by atoms with van der Waals surface area (Å²) in [5, 5.41) is 0. The second-order valence-corrected chi connectivity index (χ2v) is 4.70. The number of carbonyl (C=O) groups excluding carboxylic acids is 1. The average molecular weight is 228 g/mol. The number of amides is 1. The molecule has 2 fully saturated rings. The van der Waals surface area contributed by atoms with Crippen molar-refractivity contribution in [2.45, 2.75) is 12.5 Å². The SMILES string of the molecule is COCC1CCN(C(=O)C2COCC2N)C1. The Morgan fingerprint density at radius 1 is 1.56 bits per heavy atom. The Morgan fingerprint density at radius 3 is 3.00 bits per heavy atom. The number of nitrogens with two attached hydrogens (primary N) is 1. The van der Waals surface area contributed by atoms with E-state index < -0.39 is 0 Å². The van der Waals surface area contributed by atoms with Gasteiger partial charge in [0.1, 0.15) is 0 Å². The van der Waals surface area contributed by atoms with Crippen molar-refractivity contribution < 1.29 is 14.3 Å². The number of hydrogen-bond donors (Lipinski definition) is 1. The van der Waals surface area contributed by atoms with E-state index >= 15 is 0 Å². The average Bonchev–Trinajstić information content (AvgIpc) is 2.87. The smallest absolute Gasteiger partial charge is 0.229 e. The number of methoxy groups -OCH3 is 1. The van der Waals surface area contributed by atoms with Gasteiger partial charge in [0.15, 0.2) is 0 Å². The molecule has 0 aromatic carbocycles. The maximum absolute atomic E-state index is 12.1. The van der Waals surface area contributed by atoms with E-state index in [1.54, 1.807) is 7.11 Å². The van der Waals surface area contributed by atoms with E-state index in [1.807, 2.05) is 4.90 Å². The van der Waals surface area contributed by atoms with Crippen LogP contribution in [0.5, 0.6) is 0 Å². The van der Waals surface area contributed by atoms with Crippen LogP contribution in [-0.2, 0) is 14.3 Å². The Morgan fingerprint density at radius 2 is 2.38 bits per heavy atom. The Kier molecular flexibility index (Phi) is 3.78. The molecule has 0 bridgehead atoms. The van der Waals surface area contributed by atoms with Crippen LogP contribution in [0.4, 0.5) is 0 Å². The van der Waals surface area contributed by atoms with Gasteiger partial charge in [-0.2, -0.15) is 0 Å². The summed E-state index contributed by atoms with van der Waals surface area (Å²) in [6.07, 6.45) is 1.03. The van der Waals surface area contributed by atoms with Crippen molar-refractivity contribution in [1.29, 1.82) is 0 Å². The Hall–Kier alpha value is -0.650. The quantitative estimate of drug-likeness (QED) is 0.704. The van der Waals surface area contributed by atoms with E-state index in [0.29, 0.717) is 19.1 Å². The third kappa shape index (κ3) is 2.36. The third-order valence-corrected chi connectivity index (χ3v) is 3.44. The number of rotatable bonds is 3. The number of hydrogen-bond acceptors (Lipinski definition) is 4. The first-order valence-electron chi connectivity index (χ1n) is 5.83. The molecule has 0 spiro atoms. The van der Waals surface area contributed by atoms with Gasteiger partial charge in [0.2, 0.25) is 5.91 Å². The van der Waals surface area contributed by atoms with Crippen molar-refractivity contribution in [1.82, 2.24) is 4.90 Å². The molecule has 5 heteroatoms. The van der Waals surface area contributed by atoms with Gasteiger partial charge in [-0.05, 0) is 6.42 Å². The second kappa shape index (κ2) is 5.12. The van der Waals surface area contributed by atoms with Crippen LogP contribution in [0.2, 0.25) is 0 Å². The van der Waals surface area contributed by atoms with E-state index in [0.717, 1.165) is 26.1 Å². The van der Waals surface area contributed by atoms with Gasteiger partial charge in [-0.3, -0.25) is 4.79 Å². The van der Waals surface area contributed by atoms with Crippen LogP contribution in [0.25, 0.3) is 0 Å². The highest BCUT2D eigenvalue weighted by Crippen LogP contribution is 2.21. The van der Waals surface area contributed by atoms with E-state index in [1.165, 1.54) is 0 Å². The lowest BCUT2D eigenvalue weighted by Crippen LogP contribution is -2.42. The lowest BCUT2D eigenvalue weighted by Gasteiger charge is -2.21. The fraction of sp³-hybridized carbons (Fsp3) is 0.909. The van der Waals surface area contributed by atoms with Gasteiger partial charge in [0.05, 0.1) is 25.7 Å². The molecular weight excluding hydrogens is 208 g/mol. The summed E-state index contributed by atoms with van der Waals surface area (Å²) in [6.45, 7) is 3.35. The van der Waals surface area contributed by atoms with Crippen LogP contribution in [-0.4, -0.2) is 56.9 Å². The van der Waals surface area contributed by atoms with E-state index in [4.69, 9.17) is 15.2 Å². The molecule has 3 unspecified atom stereocenters. The minimum atomic E-state index is -0.138. The summed E-state index contributed by atoms with van der Waals surface area (Å²) in [7, 11) is 1.70. The minimum Gasteiger partial charge on any atom is -0.384 e. The van der Waals surface area contributed by atoms with Gasteiger partial charge in [-0.25, -0.2) is 0 Å². The number of likely N-dealkylation sites (tertiary alicyclic amines) is 1. The fourth-order valence-electron chi connectivity index (χ4n) is 2.46. The summed E-state index contributed by atoms with van der Waals surface area (Å²) in [4.78, 5) is 14.0. The number of carbonyl (C=O) groups is 1. The molecule has 0 aromatic heterocycles. The fourth-order valence-corrected chi connectivity index (χ4v) is 2.46. The van der Waals surface area contributed by atoms with Gasteiger partial charge >= 0.3 is 0 Å². The van der Waals surface area contributed by atoms with Gasteiger partial charge in [0, 0.05) is 32.2 Å². The summed E-state index contributed by atoms with van der Waals surface area (Å²) < 4.78 is 10.3. The summed E-state index contributed by atoms with van der Waals surface area (Å²) in [5.41, 5.74) is 5.84. The molecule has 2 heterocycles. The van der Waals surface area contributed by atoms with E-state index in [-0.39, 0.29) is 17.9 Å². The highest BCUT2D eigenvalue weighted by molar-refractivity contribution is 5.80. The van der Waals surface area contributed by atoms with Crippen molar-refractivity contribution in [3.8, 4) is 0 Å². The maximum atomic E-state index is 12.1. The molecule has 0 saturated carbocycles. The molecule has 0 aliphatic carbocycles. The summed E-state index contributed by atoms with van der Waals surface area (Å²) in [5.74, 6) is 0.498. The molecule has 2 saturated heterocycles. The minimum absolute atomic E-state index is 0.131. The molecule has 2 rings (SSSR count). The maximum Gasteiger partial charge on any atom is 0.229 e. The molecule has 16 heavy (non-hydrogen) atoms. The zero-order chi connectivity index (χ0) is 11.5. The molecule has 2 aliphatic heterocycles. The second-order valence-electron chi connectivity index (χ2n) is 4.70. The molecule has 5 nitrogen and oxygen atoms in total. The summed E-state index contributed by atoms with van der Waals surface area (Å²) >= 11 is 0.